The van der Waals surface area contributed by atoms with Crippen LogP contribution in [-0.2, 0) is 6.18 Å². The van der Waals surface area contributed by atoms with Crippen LogP contribution in [0.3, 0.4) is 0 Å². The van der Waals surface area contributed by atoms with Crippen LogP contribution in [-0.4, -0.2) is 10.2 Å². The van der Waals surface area contributed by atoms with Gasteiger partial charge in [0.1, 0.15) is 17.2 Å². The highest BCUT2D eigenvalue weighted by atomic mass is 19.4. The summed E-state index contributed by atoms with van der Waals surface area (Å²) in [6.45, 7) is 0. The molecule has 0 spiro atoms. The summed E-state index contributed by atoms with van der Waals surface area (Å²) in [4.78, 5) is 0. The summed E-state index contributed by atoms with van der Waals surface area (Å²) >= 11 is 0. The molecule has 0 atom stereocenters. The molecule has 18 heavy (non-hydrogen) atoms. The summed E-state index contributed by atoms with van der Waals surface area (Å²) < 4.78 is 63.4. The number of hydrogen-bond acceptors (Lipinski definition) is 2. The number of anilines is 1. The van der Waals surface area contributed by atoms with E-state index in [4.69, 9.17) is 5.73 Å². The average molecular weight is 263 g/mol. The lowest BCUT2D eigenvalue weighted by atomic mass is 10.1. The minimum Gasteiger partial charge on any atom is -0.394 e. The predicted molar refractivity (Wildman–Crippen MR) is 53.4 cm³/mol. The van der Waals surface area contributed by atoms with Gasteiger partial charge in [0.2, 0.25) is 0 Å². The van der Waals surface area contributed by atoms with Gasteiger partial charge < -0.3 is 5.73 Å². The maximum atomic E-state index is 13.6. The molecule has 0 unspecified atom stereocenters. The fourth-order valence-corrected chi connectivity index (χ4v) is 1.37. The van der Waals surface area contributed by atoms with Crippen molar-refractivity contribution in [1.29, 1.82) is 0 Å². The molecule has 2 rings (SSSR count). The van der Waals surface area contributed by atoms with Crippen molar-refractivity contribution in [2.45, 2.75) is 6.18 Å². The zero-order valence-corrected chi connectivity index (χ0v) is 8.65. The molecule has 8 heteroatoms. The second-order valence-corrected chi connectivity index (χ2v) is 3.49. The van der Waals surface area contributed by atoms with E-state index in [1.54, 1.807) is 5.10 Å². The van der Waals surface area contributed by atoms with Gasteiger partial charge in [-0.05, 0) is 18.2 Å². The molecule has 0 fully saturated rings. The van der Waals surface area contributed by atoms with Crippen molar-refractivity contribution in [3.8, 4) is 11.3 Å². The van der Waals surface area contributed by atoms with E-state index in [1.807, 2.05) is 0 Å². The molecule has 2 aromatic rings. The largest absolute Gasteiger partial charge is 0.432 e. The Bertz CT molecular complexity index is 588. The number of aromatic amines is 1. The Labute approximate surface area is 97.4 Å². The maximum absolute atomic E-state index is 13.6. The lowest BCUT2D eigenvalue weighted by Crippen LogP contribution is -2.04. The van der Waals surface area contributed by atoms with Crippen molar-refractivity contribution in [2.75, 3.05) is 5.73 Å². The molecule has 0 saturated carbocycles. The standard InChI is InChI=1S/C10H6F5N3/c11-5-2-1-4(8(12)9(5)16)6-3-7(18-17-6)10(13,14)15/h1-3H,16H2,(H,17,18). The number of halogens is 5. The van der Waals surface area contributed by atoms with E-state index in [-0.39, 0.29) is 11.3 Å². The Kier molecular flexibility index (Phi) is 2.72. The number of nitrogens with two attached hydrogens (primary N) is 1. The van der Waals surface area contributed by atoms with Crippen molar-refractivity contribution >= 4 is 5.69 Å². The van der Waals surface area contributed by atoms with Crippen LogP contribution in [0.1, 0.15) is 5.69 Å². The Morgan fingerprint density at radius 1 is 1.17 bits per heavy atom. The van der Waals surface area contributed by atoms with Gasteiger partial charge >= 0.3 is 6.18 Å². The number of benzene rings is 1. The van der Waals surface area contributed by atoms with Crippen molar-refractivity contribution in [2.24, 2.45) is 0 Å². The lowest BCUT2D eigenvalue weighted by molar-refractivity contribution is -0.141. The van der Waals surface area contributed by atoms with E-state index < -0.39 is 29.2 Å². The highest BCUT2D eigenvalue weighted by Gasteiger charge is 2.33. The number of rotatable bonds is 1. The normalized spacial score (nSPS) is 11.8. The van der Waals surface area contributed by atoms with Crippen LogP contribution in [0.4, 0.5) is 27.6 Å². The second kappa shape index (κ2) is 3.97. The minimum absolute atomic E-state index is 0.300. The van der Waals surface area contributed by atoms with Gasteiger partial charge in [0.05, 0.1) is 5.69 Å². The molecule has 0 aliphatic rings. The van der Waals surface area contributed by atoms with Crippen LogP contribution in [0.15, 0.2) is 18.2 Å². The van der Waals surface area contributed by atoms with Crippen LogP contribution in [0.5, 0.6) is 0 Å². The molecule has 0 saturated heterocycles. The first-order chi connectivity index (χ1) is 8.30. The zero-order valence-electron chi connectivity index (χ0n) is 8.65. The zero-order chi connectivity index (χ0) is 13.5. The topological polar surface area (TPSA) is 54.7 Å². The summed E-state index contributed by atoms with van der Waals surface area (Å²) in [7, 11) is 0. The third-order valence-electron chi connectivity index (χ3n) is 2.29. The van der Waals surface area contributed by atoms with E-state index >= 15 is 0 Å². The summed E-state index contributed by atoms with van der Waals surface area (Å²) in [5, 5.41) is 5.05. The van der Waals surface area contributed by atoms with E-state index in [9.17, 15) is 22.0 Å². The molecular formula is C10H6F5N3. The first-order valence-corrected chi connectivity index (χ1v) is 4.67. The first-order valence-electron chi connectivity index (χ1n) is 4.67. The SMILES string of the molecule is Nc1c(F)ccc(-c2cc(C(F)(F)F)[nH]n2)c1F. The van der Waals surface area contributed by atoms with Gasteiger partial charge in [0.25, 0.3) is 0 Å². The molecule has 1 aromatic heterocycles. The Balaban J connectivity index is 2.50. The van der Waals surface area contributed by atoms with Crippen LogP contribution in [0.2, 0.25) is 0 Å². The van der Waals surface area contributed by atoms with Crippen molar-refractivity contribution in [1.82, 2.24) is 10.2 Å². The fourth-order valence-electron chi connectivity index (χ4n) is 1.37. The highest BCUT2D eigenvalue weighted by Crippen LogP contribution is 2.32. The highest BCUT2D eigenvalue weighted by molar-refractivity contribution is 5.65. The van der Waals surface area contributed by atoms with Gasteiger partial charge in [-0.1, -0.05) is 0 Å². The monoisotopic (exact) mass is 263 g/mol. The number of nitrogen functional groups attached to an aromatic ring is 1. The molecule has 0 radical (unpaired) electrons. The molecule has 3 N–H and O–H groups in total. The molecular weight excluding hydrogens is 257 g/mol. The second-order valence-electron chi connectivity index (χ2n) is 3.49. The first kappa shape index (κ1) is 12.3. The summed E-state index contributed by atoms with van der Waals surface area (Å²) in [6, 6.07) is 2.45. The van der Waals surface area contributed by atoms with E-state index in [0.717, 1.165) is 12.1 Å². The van der Waals surface area contributed by atoms with Gasteiger partial charge in [0, 0.05) is 5.56 Å². The third kappa shape index (κ3) is 2.01. The van der Waals surface area contributed by atoms with E-state index in [2.05, 4.69) is 5.10 Å². The molecule has 0 aliphatic carbocycles. The maximum Gasteiger partial charge on any atom is 0.432 e. The number of nitrogens with one attached hydrogen (secondary N) is 1. The molecule has 1 aromatic carbocycles. The van der Waals surface area contributed by atoms with Crippen LogP contribution in [0.25, 0.3) is 11.3 Å². The molecule has 96 valence electrons. The van der Waals surface area contributed by atoms with Crippen LogP contribution < -0.4 is 5.73 Å². The summed E-state index contributed by atoms with van der Waals surface area (Å²) in [5.74, 6) is -2.13. The molecule has 0 amide bonds. The van der Waals surface area contributed by atoms with E-state index in [0.29, 0.717) is 6.07 Å². The number of nitrogens with zero attached hydrogens (tertiary/aromatic N) is 1. The number of hydrogen-bond donors (Lipinski definition) is 2. The Hall–Kier alpha value is -2.12. The number of aromatic nitrogens is 2. The predicted octanol–water partition coefficient (Wildman–Crippen LogP) is 2.96. The number of alkyl halides is 3. The Morgan fingerprint density at radius 3 is 2.39 bits per heavy atom. The van der Waals surface area contributed by atoms with Gasteiger partial charge in [-0.2, -0.15) is 18.3 Å². The summed E-state index contributed by atoms with van der Waals surface area (Å²) in [6.07, 6.45) is -4.62. The van der Waals surface area contributed by atoms with Gasteiger partial charge in [0.15, 0.2) is 5.82 Å². The smallest absolute Gasteiger partial charge is 0.394 e. The third-order valence-corrected chi connectivity index (χ3v) is 2.29. The quantitative estimate of drug-likeness (QED) is 0.614. The van der Waals surface area contributed by atoms with E-state index in [1.165, 1.54) is 0 Å². The minimum atomic E-state index is -4.62. The molecule has 0 aliphatic heterocycles. The van der Waals surface area contributed by atoms with Crippen molar-refractivity contribution < 1.29 is 22.0 Å². The lowest BCUT2D eigenvalue weighted by Gasteiger charge is -2.03. The molecule has 0 bridgehead atoms. The van der Waals surface area contributed by atoms with Gasteiger partial charge in [-0.15, -0.1) is 0 Å². The van der Waals surface area contributed by atoms with Crippen LogP contribution >= 0.6 is 0 Å². The Morgan fingerprint density at radius 2 is 1.83 bits per heavy atom. The van der Waals surface area contributed by atoms with Crippen molar-refractivity contribution in [3.63, 3.8) is 0 Å². The average Bonchev–Trinajstić information content (AvgIpc) is 2.75. The van der Waals surface area contributed by atoms with Gasteiger partial charge in [-0.25, -0.2) is 8.78 Å². The van der Waals surface area contributed by atoms with Gasteiger partial charge in [-0.3, -0.25) is 5.10 Å². The fraction of sp³-hybridized carbons (Fsp3) is 0.100. The summed E-state index contributed by atoms with van der Waals surface area (Å²) in [5.41, 5.74) is 2.61. The number of H-pyrrole nitrogens is 1. The van der Waals surface area contributed by atoms with Crippen molar-refractivity contribution in [3.05, 3.63) is 35.5 Å². The molecule has 3 nitrogen and oxygen atoms in total. The van der Waals surface area contributed by atoms with Crippen LogP contribution in [0, 0.1) is 11.6 Å². The molecule has 1 heterocycles.